The topological polar surface area (TPSA) is 28.2 Å². The van der Waals surface area contributed by atoms with Crippen LogP contribution in [-0.4, -0.2) is 36.6 Å². The molecule has 0 unspecified atom stereocenters. The molecule has 2 aromatic rings. The normalized spacial score (nSPS) is 19.4. The van der Waals surface area contributed by atoms with E-state index < -0.39 is 0 Å². The van der Waals surface area contributed by atoms with Gasteiger partial charge in [0.05, 0.1) is 10.2 Å². The minimum Gasteiger partial charge on any atom is -0.361 e. The third-order valence-corrected chi connectivity index (χ3v) is 5.68. The standard InChI is InChI=1S/C15H20BrN3S/c1-15(5-7-19(2)8-6-15)10-17-14-18-12-4-3-11(16)9-13(12)20-14/h3-4,9H,5-8,10H2,1-2H3,(H,17,18). The first-order valence-electron chi connectivity index (χ1n) is 7.03. The Hall–Kier alpha value is -0.650. The lowest BCUT2D eigenvalue weighted by molar-refractivity contribution is 0.150. The largest absolute Gasteiger partial charge is 0.361 e. The molecule has 108 valence electrons. The van der Waals surface area contributed by atoms with Gasteiger partial charge in [-0.2, -0.15) is 0 Å². The molecule has 3 nitrogen and oxygen atoms in total. The number of aromatic nitrogens is 1. The van der Waals surface area contributed by atoms with Gasteiger partial charge in [-0.05, 0) is 56.6 Å². The number of likely N-dealkylation sites (tertiary alicyclic amines) is 1. The van der Waals surface area contributed by atoms with Gasteiger partial charge in [-0.15, -0.1) is 0 Å². The zero-order valence-electron chi connectivity index (χ0n) is 11.9. The zero-order valence-corrected chi connectivity index (χ0v) is 14.4. The number of rotatable bonds is 3. The fourth-order valence-corrected chi connectivity index (χ4v) is 4.01. The van der Waals surface area contributed by atoms with Crippen LogP contribution in [-0.2, 0) is 0 Å². The predicted octanol–water partition coefficient (Wildman–Crippen LogP) is 4.20. The second-order valence-electron chi connectivity index (χ2n) is 6.10. The SMILES string of the molecule is CN1CCC(C)(CNc2nc3ccc(Br)cc3s2)CC1. The molecule has 3 rings (SSSR count). The van der Waals surface area contributed by atoms with E-state index in [1.807, 2.05) is 6.07 Å². The number of hydrogen-bond donors (Lipinski definition) is 1. The molecular weight excluding hydrogens is 334 g/mol. The molecule has 1 aromatic heterocycles. The molecule has 5 heteroatoms. The molecule has 1 fully saturated rings. The van der Waals surface area contributed by atoms with Gasteiger partial charge in [0.2, 0.25) is 0 Å². The number of anilines is 1. The van der Waals surface area contributed by atoms with Crippen LogP contribution >= 0.6 is 27.3 Å². The van der Waals surface area contributed by atoms with Crippen LogP contribution in [0.4, 0.5) is 5.13 Å². The fraction of sp³-hybridized carbons (Fsp3) is 0.533. The van der Waals surface area contributed by atoms with Crippen LogP contribution in [0, 0.1) is 5.41 Å². The minimum atomic E-state index is 0.394. The quantitative estimate of drug-likeness (QED) is 0.895. The minimum absolute atomic E-state index is 0.394. The van der Waals surface area contributed by atoms with Crippen molar-refractivity contribution in [1.29, 1.82) is 0 Å². The highest BCUT2D eigenvalue weighted by Crippen LogP contribution is 2.33. The molecule has 0 aliphatic carbocycles. The number of fused-ring (bicyclic) bond motifs is 1. The van der Waals surface area contributed by atoms with Crippen molar-refractivity contribution in [1.82, 2.24) is 9.88 Å². The van der Waals surface area contributed by atoms with Gasteiger partial charge in [0.15, 0.2) is 5.13 Å². The van der Waals surface area contributed by atoms with Crippen LogP contribution < -0.4 is 5.32 Å². The number of nitrogens with zero attached hydrogens (tertiary/aromatic N) is 2. The molecule has 2 heterocycles. The number of nitrogens with one attached hydrogen (secondary N) is 1. The molecule has 0 bridgehead atoms. The summed E-state index contributed by atoms with van der Waals surface area (Å²) >= 11 is 5.25. The first-order valence-corrected chi connectivity index (χ1v) is 8.64. The highest BCUT2D eigenvalue weighted by Gasteiger charge is 2.28. The van der Waals surface area contributed by atoms with E-state index in [2.05, 4.69) is 57.2 Å². The average molecular weight is 354 g/mol. The van der Waals surface area contributed by atoms with Crippen molar-refractivity contribution in [3.05, 3.63) is 22.7 Å². The summed E-state index contributed by atoms with van der Waals surface area (Å²) in [6.07, 6.45) is 2.51. The average Bonchev–Trinajstić information content (AvgIpc) is 2.82. The molecule has 0 saturated carbocycles. The van der Waals surface area contributed by atoms with E-state index in [4.69, 9.17) is 0 Å². The van der Waals surface area contributed by atoms with Gasteiger partial charge < -0.3 is 10.2 Å². The Kier molecular flexibility index (Phi) is 4.02. The van der Waals surface area contributed by atoms with Crippen molar-refractivity contribution < 1.29 is 0 Å². The third kappa shape index (κ3) is 3.15. The Balaban J connectivity index is 1.67. The lowest BCUT2D eigenvalue weighted by Gasteiger charge is -2.37. The van der Waals surface area contributed by atoms with Crippen LogP contribution in [0.5, 0.6) is 0 Å². The Morgan fingerprint density at radius 3 is 2.90 bits per heavy atom. The van der Waals surface area contributed by atoms with E-state index in [0.717, 1.165) is 21.7 Å². The molecule has 1 N–H and O–H groups in total. The maximum absolute atomic E-state index is 4.66. The van der Waals surface area contributed by atoms with Gasteiger partial charge in [-0.1, -0.05) is 34.2 Å². The molecule has 0 radical (unpaired) electrons. The summed E-state index contributed by atoms with van der Waals surface area (Å²) in [6, 6.07) is 6.25. The van der Waals surface area contributed by atoms with Crippen LogP contribution in [0.1, 0.15) is 19.8 Å². The van der Waals surface area contributed by atoms with E-state index in [1.165, 1.54) is 30.6 Å². The van der Waals surface area contributed by atoms with Gasteiger partial charge >= 0.3 is 0 Å². The number of thiazole rings is 1. The van der Waals surface area contributed by atoms with Crippen molar-refractivity contribution in [2.45, 2.75) is 19.8 Å². The number of halogens is 1. The number of benzene rings is 1. The van der Waals surface area contributed by atoms with E-state index >= 15 is 0 Å². The van der Waals surface area contributed by atoms with Gasteiger partial charge in [-0.25, -0.2) is 4.98 Å². The Bertz CT molecular complexity index is 602. The van der Waals surface area contributed by atoms with Crippen LogP contribution in [0.2, 0.25) is 0 Å². The molecule has 1 aromatic carbocycles. The molecular formula is C15H20BrN3S. The van der Waals surface area contributed by atoms with E-state index in [9.17, 15) is 0 Å². The maximum Gasteiger partial charge on any atom is 0.183 e. The lowest BCUT2D eigenvalue weighted by atomic mass is 9.80. The smallest absolute Gasteiger partial charge is 0.183 e. The number of piperidine rings is 1. The predicted molar refractivity (Wildman–Crippen MR) is 90.6 cm³/mol. The Morgan fingerprint density at radius 2 is 2.15 bits per heavy atom. The second kappa shape index (κ2) is 5.62. The highest BCUT2D eigenvalue weighted by molar-refractivity contribution is 9.10. The van der Waals surface area contributed by atoms with E-state index in [1.54, 1.807) is 11.3 Å². The highest BCUT2D eigenvalue weighted by atomic mass is 79.9. The van der Waals surface area contributed by atoms with E-state index in [0.29, 0.717) is 5.41 Å². The summed E-state index contributed by atoms with van der Waals surface area (Å²) in [4.78, 5) is 7.07. The van der Waals surface area contributed by atoms with E-state index in [-0.39, 0.29) is 0 Å². The summed E-state index contributed by atoms with van der Waals surface area (Å²) < 4.78 is 2.35. The van der Waals surface area contributed by atoms with Crippen molar-refractivity contribution >= 4 is 42.6 Å². The first-order chi connectivity index (χ1) is 9.54. The van der Waals surface area contributed by atoms with Gasteiger partial charge in [0.1, 0.15) is 0 Å². The molecule has 0 atom stereocenters. The van der Waals surface area contributed by atoms with Crippen LogP contribution in [0.15, 0.2) is 22.7 Å². The lowest BCUT2D eigenvalue weighted by Crippen LogP contribution is -2.40. The van der Waals surface area contributed by atoms with Crippen molar-refractivity contribution in [3.8, 4) is 0 Å². The summed E-state index contributed by atoms with van der Waals surface area (Å²) in [6.45, 7) is 5.80. The molecule has 0 amide bonds. The Morgan fingerprint density at radius 1 is 1.40 bits per heavy atom. The van der Waals surface area contributed by atoms with Crippen LogP contribution in [0.25, 0.3) is 10.2 Å². The first kappa shape index (κ1) is 14.3. The summed E-state index contributed by atoms with van der Waals surface area (Å²) in [7, 11) is 2.21. The maximum atomic E-state index is 4.66. The zero-order chi connectivity index (χ0) is 14.2. The van der Waals surface area contributed by atoms with Crippen molar-refractivity contribution in [3.63, 3.8) is 0 Å². The summed E-state index contributed by atoms with van der Waals surface area (Å²) in [5, 5.41) is 4.59. The van der Waals surface area contributed by atoms with Crippen molar-refractivity contribution in [2.24, 2.45) is 5.41 Å². The van der Waals surface area contributed by atoms with Crippen molar-refractivity contribution in [2.75, 3.05) is 32.0 Å². The summed E-state index contributed by atoms with van der Waals surface area (Å²) in [5.41, 5.74) is 1.47. The molecule has 20 heavy (non-hydrogen) atoms. The molecule has 1 saturated heterocycles. The molecule has 0 spiro atoms. The number of hydrogen-bond acceptors (Lipinski definition) is 4. The van der Waals surface area contributed by atoms with Gasteiger partial charge in [-0.3, -0.25) is 0 Å². The monoisotopic (exact) mass is 353 g/mol. The van der Waals surface area contributed by atoms with Gasteiger partial charge in [0, 0.05) is 11.0 Å². The summed E-state index contributed by atoms with van der Waals surface area (Å²) in [5.74, 6) is 0. The van der Waals surface area contributed by atoms with Gasteiger partial charge in [0.25, 0.3) is 0 Å². The second-order valence-corrected chi connectivity index (χ2v) is 8.04. The van der Waals surface area contributed by atoms with Crippen LogP contribution in [0.3, 0.4) is 0 Å². The Labute approximate surface area is 132 Å². The fourth-order valence-electron chi connectivity index (χ4n) is 2.60. The molecule has 1 aliphatic rings. The molecule has 1 aliphatic heterocycles. The third-order valence-electron chi connectivity index (χ3n) is 4.21.